The fraction of sp³-hybridized carbons (Fsp3) is 1.00. The first-order valence-corrected chi connectivity index (χ1v) is 6.72. The minimum atomic E-state index is 0.874. The number of nitrogens with one attached hydrogen (secondary N) is 1. The SMILES string of the molecule is CC(C)C1CCN(C2CCCNCC2)C1. The number of nitrogens with zero attached hydrogens (tertiary/aromatic N) is 1. The predicted octanol–water partition coefficient (Wildman–Crippen LogP) is 2.11. The van der Waals surface area contributed by atoms with Crippen molar-refractivity contribution >= 4 is 0 Å². The minimum Gasteiger partial charge on any atom is -0.317 e. The van der Waals surface area contributed by atoms with E-state index in [2.05, 4.69) is 24.1 Å². The summed E-state index contributed by atoms with van der Waals surface area (Å²) in [6.45, 7) is 9.94. The van der Waals surface area contributed by atoms with Gasteiger partial charge in [-0.25, -0.2) is 0 Å². The van der Waals surface area contributed by atoms with Crippen molar-refractivity contribution in [3.8, 4) is 0 Å². The zero-order chi connectivity index (χ0) is 10.7. The van der Waals surface area contributed by atoms with E-state index in [-0.39, 0.29) is 0 Å². The van der Waals surface area contributed by atoms with Gasteiger partial charge in [0, 0.05) is 12.6 Å². The van der Waals surface area contributed by atoms with Gasteiger partial charge in [0.25, 0.3) is 0 Å². The van der Waals surface area contributed by atoms with Crippen molar-refractivity contribution in [3.05, 3.63) is 0 Å². The highest BCUT2D eigenvalue weighted by Crippen LogP contribution is 2.27. The molecule has 0 bridgehead atoms. The highest BCUT2D eigenvalue weighted by molar-refractivity contribution is 4.84. The van der Waals surface area contributed by atoms with Gasteiger partial charge in [0.1, 0.15) is 0 Å². The Morgan fingerprint density at radius 2 is 2.00 bits per heavy atom. The normalized spacial score (nSPS) is 34.6. The van der Waals surface area contributed by atoms with Crippen molar-refractivity contribution in [3.63, 3.8) is 0 Å². The van der Waals surface area contributed by atoms with E-state index in [9.17, 15) is 0 Å². The summed E-state index contributed by atoms with van der Waals surface area (Å²) in [4.78, 5) is 2.76. The Morgan fingerprint density at radius 1 is 1.13 bits per heavy atom. The largest absolute Gasteiger partial charge is 0.317 e. The van der Waals surface area contributed by atoms with E-state index in [1.165, 1.54) is 51.9 Å². The molecule has 2 heteroatoms. The van der Waals surface area contributed by atoms with E-state index < -0.39 is 0 Å². The van der Waals surface area contributed by atoms with Crippen LogP contribution in [0.15, 0.2) is 0 Å². The molecule has 0 aliphatic carbocycles. The van der Waals surface area contributed by atoms with Crippen LogP contribution in [0.2, 0.25) is 0 Å². The molecule has 2 aliphatic rings. The van der Waals surface area contributed by atoms with Crippen LogP contribution in [-0.2, 0) is 0 Å². The predicted molar refractivity (Wildman–Crippen MR) is 65.0 cm³/mol. The summed E-state index contributed by atoms with van der Waals surface area (Å²) in [5.74, 6) is 1.83. The lowest BCUT2D eigenvalue weighted by atomic mass is 9.95. The van der Waals surface area contributed by atoms with Crippen LogP contribution < -0.4 is 5.32 Å². The molecule has 2 saturated heterocycles. The van der Waals surface area contributed by atoms with Crippen LogP contribution >= 0.6 is 0 Å². The Kier molecular flexibility index (Phi) is 4.04. The molecule has 0 radical (unpaired) electrons. The highest BCUT2D eigenvalue weighted by Gasteiger charge is 2.29. The zero-order valence-corrected chi connectivity index (χ0v) is 10.3. The number of rotatable bonds is 2. The van der Waals surface area contributed by atoms with Crippen molar-refractivity contribution in [2.45, 2.75) is 45.6 Å². The molecule has 0 aromatic rings. The second-order valence-electron chi connectivity index (χ2n) is 5.62. The van der Waals surface area contributed by atoms with Crippen molar-refractivity contribution in [1.82, 2.24) is 10.2 Å². The van der Waals surface area contributed by atoms with Gasteiger partial charge in [-0.1, -0.05) is 13.8 Å². The molecule has 2 heterocycles. The van der Waals surface area contributed by atoms with Crippen LogP contribution in [0.4, 0.5) is 0 Å². The number of hydrogen-bond donors (Lipinski definition) is 1. The maximum Gasteiger partial charge on any atom is 0.0108 e. The summed E-state index contributed by atoms with van der Waals surface area (Å²) >= 11 is 0. The molecule has 2 fully saturated rings. The van der Waals surface area contributed by atoms with Crippen LogP contribution in [0.5, 0.6) is 0 Å². The fourth-order valence-corrected chi connectivity index (χ4v) is 3.06. The highest BCUT2D eigenvalue weighted by atomic mass is 15.2. The molecule has 0 saturated carbocycles. The molecule has 0 aromatic carbocycles. The van der Waals surface area contributed by atoms with Gasteiger partial charge >= 0.3 is 0 Å². The average Bonchev–Trinajstić information content (AvgIpc) is 2.55. The molecule has 2 nitrogen and oxygen atoms in total. The van der Waals surface area contributed by atoms with Crippen LogP contribution in [-0.4, -0.2) is 37.1 Å². The van der Waals surface area contributed by atoms with Gasteiger partial charge in [-0.2, -0.15) is 0 Å². The molecule has 2 atom stereocenters. The van der Waals surface area contributed by atoms with E-state index in [4.69, 9.17) is 0 Å². The molecule has 2 unspecified atom stereocenters. The molecule has 2 aliphatic heterocycles. The smallest absolute Gasteiger partial charge is 0.0108 e. The lowest BCUT2D eigenvalue weighted by Crippen LogP contribution is -2.34. The molecule has 2 rings (SSSR count). The van der Waals surface area contributed by atoms with E-state index in [1.807, 2.05) is 0 Å². The van der Waals surface area contributed by atoms with Crippen molar-refractivity contribution in [1.29, 1.82) is 0 Å². The molecule has 0 aromatic heterocycles. The number of likely N-dealkylation sites (tertiary alicyclic amines) is 1. The zero-order valence-electron chi connectivity index (χ0n) is 10.3. The van der Waals surface area contributed by atoms with Gasteiger partial charge in [-0.15, -0.1) is 0 Å². The Bertz CT molecular complexity index is 183. The number of hydrogen-bond acceptors (Lipinski definition) is 2. The van der Waals surface area contributed by atoms with Crippen molar-refractivity contribution in [2.24, 2.45) is 11.8 Å². The fourth-order valence-electron chi connectivity index (χ4n) is 3.06. The first-order chi connectivity index (χ1) is 7.27. The first kappa shape index (κ1) is 11.4. The molecule has 0 amide bonds. The topological polar surface area (TPSA) is 15.3 Å². The Hall–Kier alpha value is -0.0800. The molecule has 1 N–H and O–H groups in total. The van der Waals surface area contributed by atoms with Crippen LogP contribution in [0, 0.1) is 11.8 Å². The summed E-state index contributed by atoms with van der Waals surface area (Å²) in [5.41, 5.74) is 0. The maximum atomic E-state index is 3.51. The quantitative estimate of drug-likeness (QED) is 0.751. The van der Waals surface area contributed by atoms with Crippen LogP contribution in [0.3, 0.4) is 0 Å². The van der Waals surface area contributed by atoms with Crippen molar-refractivity contribution in [2.75, 3.05) is 26.2 Å². The van der Waals surface area contributed by atoms with Gasteiger partial charge in [-0.05, 0) is 57.2 Å². The maximum absolute atomic E-state index is 3.51. The minimum absolute atomic E-state index is 0.874. The Labute approximate surface area is 94.4 Å². The lowest BCUT2D eigenvalue weighted by Gasteiger charge is -2.27. The second-order valence-corrected chi connectivity index (χ2v) is 5.62. The van der Waals surface area contributed by atoms with Gasteiger partial charge < -0.3 is 10.2 Å². The molecular weight excluding hydrogens is 184 g/mol. The molecular formula is C13H26N2. The van der Waals surface area contributed by atoms with Gasteiger partial charge in [-0.3, -0.25) is 0 Å². The summed E-state index contributed by atoms with van der Waals surface area (Å²) < 4.78 is 0. The van der Waals surface area contributed by atoms with Crippen LogP contribution in [0.25, 0.3) is 0 Å². The van der Waals surface area contributed by atoms with Crippen LogP contribution in [0.1, 0.15) is 39.5 Å². The standard InChI is InChI=1S/C13H26N2/c1-11(2)12-6-9-15(10-12)13-4-3-7-14-8-5-13/h11-14H,3-10H2,1-2H3. The summed E-state index contributed by atoms with van der Waals surface area (Å²) in [5, 5.41) is 3.51. The van der Waals surface area contributed by atoms with E-state index in [0.29, 0.717) is 0 Å². The first-order valence-electron chi connectivity index (χ1n) is 6.72. The van der Waals surface area contributed by atoms with Gasteiger partial charge in [0.15, 0.2) is 0 Å². The third-order valence-corrected chi connectivity index (χ3v) is 4.26. The van der Waals surface area contributed by atoms with Gasteiger partial charge in [0.2, 0.25) is 0 Å². The average molecular weight is 210 g/mol. The summed E-state index contributed by atoms with van der Waals surface area (Å²) in [7, 11) is 0. The monoisotopic (exact) mass is 210 g/mol. The third kappa shape index (κ3) is 2.94. The molecule has 0 spiro atoms. The summed E-state index contributed by atoms with van der Waals surface area (Å²) in [6, 6.07) is 0.878. The summed E-state index contributed by atoms with van der Waals surface area (Å²) in [6.07, 6.45) is 5.58. The Balaban J connectivity index is 1.83. The second kappa shape index (κ2) is 5.31. The Morgan fingerprint density at radius 3 is 2.73 bits per heavy atom. The third-order valence-electron chi connectivity index (χ3n) is 4.26. The molecule has 15 heavy (non-hydrogen) atoms. The lowest BCUT2D eigenvalue weighted by molar-refractivity contribution is 0.209. The van der Waals surface area contributed by atoms with Crippen molar-refractivity contribution < 1.29 is 0 Å². The molecule has 88 valence electrons. The van der Waals surface area contributed by atoms with E-state index in [1.54, 1.807) is 0 Å². The van der Waals surface area contributed by atoms with Gasteiger partial charge in [0.05, 0.1) is 0 Å². The van der Waals surface area contributed by atoms with E-state index >= 15 is 0 Å². The van der Waals surface area contributed by atoms with E-state index in [0.717, 1.165) is 17.9 Å².